The summed E-state index contributed by atoms with van der Waals surface area (Å²) in [6.07, 6.45) is 0. The van der Waals surface area contributed by atoms with Crippen LogP contribution in [0.25, 0.3) is 0 Å². The fourth-order valence-electron chi connectivity index (χ4n) is 2.27. The van der Waals surface area contributed by atoms with E-state index in [1.165, 1.54) is 0 Å². The normalized spacial score (nSPS) is 13.0. The average Bonchev–Trinajstić information content (AvgIpc) is 2.37. The van der Waals surface area contributed by atoms with E-state index < -0.39 is 0 Å². The van der Waals surface area contributed by atoms with E-state index in [1.807, 2.05) is 12.1 Å². The Hall–Kier alpha value is -1.42. The van der Waals surface area contributed by atoms with Gasteiger partial charge in [0.2, 0.25) is 0 Å². The van der Waals surface area contributed by atoms with Gasteiger partial charge in [-0.3, -0.25) is 0 Å². The lowest BCUT2D eigenvalue weighted by Crippen LogP contribution is -2.26. The van der Waals surface area contributed by atoms with E-state index in [2.05, 4.69) is 20.8 Å². The Bertz CT molecular complexity index is 424. The lowest BCUT2D eigenvalue weighted by Gasteiger charge is -2.31. The molecule has 1 atom stereocenters. The van der Waals surface area contributed by atoms with Gasteiger partial charge in [0.25, 0.3) is 0 Å². The molecule has 19 heavy (non-hydrogen) atoms. The van der Waals surface area contributed by atoms with Crippen molar-refractivity contribution in [2.75, 3.05) is 27.9 Å². The molecule has 4 heteroatoms. The van der Waals surface area contributed by atoms with Crippen molar-refractivity contribution in [3.8, 4) is 17.2 Å². The highest BCUT2D eigenvalue weighted by Crippen LogP contribution is 2.43. The molecule has 1 aromatic carbocycles. The van der Waals surface area contributed by atoms with Crippen LogP contribution < -0.4 is 19.9 Å². The zero-order valence-electron chi connectivity index (χ0n) is 12.7. The molecule has 0 spiro atoms. The van der Waals surface area contributed by atoms with Crippen molar-refractivity contribution in [2.24, 2.45) is 11.1 Å². The Morgan fingerprint density at radius 1 is 0.947 bits per heavy atom. The summed E-state index contributed by atoms with van der Waals surface area (Å²) >= 11 is 0. The Morgan fingerprint density at radius 2 is 1.42 bits per heavy atom. The molecule has 0 radical (unpaired) electrons. The first-order chi connectivity index (χ1) is 8.88. The first kappa shape index (κ1) is 15.6. The lowest BCUT2D eigenvalue weighted by molar-refractivity contribution is 0.307. The third-order valence-electron chi connectivity index (χ3n) is 3.39. The highest BCUT2D eigenvalue weighted by molar-refractivity contribution is 5.52. The molecule has 0 aliphatic heterocycles. The fraction of sp³-hybridized carbons (Fsp3) is 0.600. The molecule has 0 saturated heterocycles. The molecule has 0 aromatic heterocycles. The predicted octanol–water partition coefficient (Wildman–Crippen LogP) is 2.80. The van der Waals surface area contributed by atoms with Crippen LogP contribution in [-0.2, 0) is 0 Å². The molecule has 4 nitrogen and oxygen atoms in total. The molecule has 0 bridgehead atoms. The minimum Gasteiger partial charge on any atom is -0.496 e. The summed E-state index contributed by atoms with van der Waals surface area (Å²) in [6, 6.07) is 3.81. The quantitative estimate of drug-likeness (QED) is 0.891. The summed E-state index contributed by atoms with van der Waals surface area (Å²) in [5.74, 6) is 2.32. The smallest absolute Gasteiger partial charge is 0.164 e. The molecule has 0 saturated carbocycles. The average molecular weight is 267 g/mol. The highest BCUT2D eigenvalue weighted by Gasteiger charge is 2.28. The van der Waals surface area contributed by atoms with E-state index in [-0.39, 0.29) is 11.3 Å². The second kappa shape index (κ2) is 6.15. The van der Waals surface area contributed by atoms with Gasteiger partial charge in [-0.1, -0.05) is 20.8 Å². The van der Waals surface area contributed by atoms with Crippen LogP contribution in [0.2, 0.25) is 0 Å². The van der Waals surface area contributed by atoms with Gasteiger partial charge in [-0.25, -0.2) is 0 Å². The number of ether oxygens (including phenoxy) is 3. The Labute approximate surface area is 115 Å². The lowest BCUT2D eigenvalue weighted by atomic mass is 9.76. The minimum atomic E-state index is 0.0433. The number of hydrogen-bond acceptors (Lipinski definition) is 4. The van der Waals surface area contributed by atoms with Crippen LogP contribution in [0.5, 0.6) is 17.2 Å². The number of nitrogens with two attached hydrogens (primary N) is 1. The van der Waals surface area contributed by atoms with Gasteiger partial charge in [-0.15, -0.1) is 0 Å². The number of hydrogen-bond donors (Lipinski definition) is 1. The molecule has 1 aromatic rings. The topological polar surface area (TPSA) is 53.7 Å². The Kier molecular flexibility index (Phi) is 5.06. The van der Waals surface area contributed by atoms with Gasteiger partial charge in [0, 0.05) is 17.5 Å². The Morgan fingerprint density at radius 3 is 1.79 bits per heavy atom. The predicted molar refractivity (Wildman–Crippen MR) is 77.3 cm³/mol. The summed E-state index contributed by atoms with van der Waals surface area (Å²) < 4.78 is 16.1. The highest BCUT2D eigenvalue weighted by atomic mass is 16.5. The minimum absolute atomic E-state index is 0.0433. The molecule has 2 N–H and O–H groups in total. The standard InChI is InChI=1S/C15H25NO3/c1-15(2,3)11(9-16)10-7-13(18-5)14(19-6)8-12(10)17-4/h7-8,11H,9,16H2,1-6H3. The van der Waals surface area contributed by atoms with Crippen molar-refractivity contribution in [3.05, 3.63) is 17.7 Å². The second-order valence-corrected chi connectivity index (χ2v) is 5.60. The first-order valence-corrected chi connectivity index (χ1v) is 6.39. The molecule has 1 unspecified atom stereocenters. The summed E-state index contributed by atoms with van der Waals surface area (Å²) in [6.45, 7) is 7.05. The maximum Gasteiger partial charge on any atom is 0.164 e. The number of methoxy groups -OCH3 is 3. The van der Waals surface area contributed by atoms with Gasteiger partial charge in [-0.05, 0) is 18.0 Å². The van der Waals surface area contributed by atoms with Gasteiger partial charge in [-0.2, -0.15) is 0 Å². The molecule has 0 aliphatic carbocycles. The van der Waals surface area contributed by atoms with Crippen molar-refractivity contribution in [1.82, 2.24) is 0 Å². The second-order valence-electron chi connectivity index (χ2n) is 5.60. The van der Waals surface area contributed by atoms with Crippen LogP contribution in [-0.4, -0.2) is 27.9 Å². The van der Waals surface area contributed by atoms with Gasteiger partial charge < -0.3 is 19.9 Å². The summed E-state index contributed by atoms with van der Waals surface area (Å²) in [5.41, 5.74) is 7.04. The largest absolute Gasteiger partial charge is 0.496 e. The van der Waals surface area contributed by atoms with Crippen molar-refractivity contribution >= 4 is 0 Å². The summed E-state index contributed by atoms with van der Waals surface area (Å²) in [5, 5.41) is 0. The zero-order chi connectivity index (χ0) is 14.6. The van der Waals surface area contributed by atoms with E-state index in [9.17, 15) is 0 Å². The van der Waals surface area contributed by atoms with Crippen LogP contribution in [0.15, 0.2) is 12.1 Å². The molecular weight excluding hydrogens is 242 g/mol. The van der Waals surface area contributed by atoms with Crippen LogP contribution in [0.3, 0.4) is 0 Å². The summed E-state index contributed by atoms with van der Waals surface area (Å²) in [7, 11) is 4.89. The molecule has 0 fully saturated rings. The van der Waals surface area contributed by atoms with Gasteiger partial charge in [0.1, 0.15) is 5.75 Å². The third kappa shape index (κ3) is 3.32. The van der Waals surface area contributed by atoms with Crippen LogP contribution in [0.4, 0.5) is 0 Å². The Balaban J connectivity index is 3.40. The van der Waals surface area contributed by atoms with Gasteiger partial charge in [0.15, 0.2) is 11.5 Å². The van der Waals surface area contributed by atoms with Crippen molar-refractivity contribution in [1.29, 1.82) is 0 Å². The molecular formula is C15H25NO3. The molecule has 1 rings (SSSR count). The summed E-state index contributed by atoms with van der Waals surface area (Å²) in [4.78, 5) is 0. The van der Waals surface area contributed by atoms with E-state index >= 15 is 0 Å². The first-order valence-electron chi connectivity index (χ1n) is 6.39. The molecule has 0 aliphatic rings. The zero-order valence-corrected chi connectivity index (χ0v) is 12.7. The van der Waals surface area contributed by atoms with E-state index in [1.54, 1.807) is 21.3 Å². The van der Waals surface area contributed by atoms with E-state index in [0.717, 1.165) is 11.3 Å². The molecule has 0 amide bonds. The van der Waals surface area contributed by atoms with E-state index in [0.29, 0.717) is 18.0 Å². The van der Waals surface area contributed by atoms with Crippen molar-refractivity contribution < 1.29 is 14.2 Å². The SMILES string of the molecule is COc1cc(OC)c(C(CN)C(C)(C)C)cc1OC. The van der Waals surface area contributed by atoms with Crippen LogP contribution in [0.1, 0.15) is 32.3 Å². The maximum absolute atomic E-state index is 5.95. The van der Waals surface area contributed by atoms with Gasteiger partial charge in [0.05, 0.1) is 21.3 Å². The van der Waals surface area contributed by atoms with E-state index in [4.69, 9.17) is 19.9 Å². The van der Waals surface area contributed by atoms with Crippen LogP contribution >= 0.6 is 0 Å². The van der Waals surface area contributed by atoms with Crippen molar-refractivity contribution in [2.45, 2.75) is 26.7 Å². The monoisotopic (exact) mass is 267 g/mol. The fourth-order valence-corrected chi connectivity index (χ4v) is 2.27. The van der Waals surface area contributed by atoms with Gasteiger partial charge >= 0.3 is 0 Å². The molecule has 0 heterocycles. The molecule has 108 valence electrons. The van der Waals surface area contributed by atoms with Crippen molar-refractivity contribution in [3.63, 3.8) is 0 Å². The number of rotatable bonds is 5. The maximum atomic E-state index is 5.95. The van der Waals surface area contributed by atoms with Crippen LogP contribution in [0, 0.1) is 5.41 Å². The third-order valence-corrected chi connectivity index (χ3v) is 3.39. The number of benzene rings is 1.